The second kappa shape index (κ2) is 7.78. The molecule has 0 saturated carbocycles. The van der Waals surface area contributed by atoms with E-state index in [2.05, 4.69) is 107 Å². The van der Waals surface area contributed by atoms with Gasteiger partial charge in [0.15, 0.2) is 0 Å². The number of pyridine rings is 1. The largest absolute Gasteiger partial charge is 0.309 e. The summed E-state index contributed by atoms with van der Waals surface area (Å²) in [6, 6.07) is 38.0. The molecule has 6 rings (SSSR count). The molecule has 2 aromatic heterocycles. The minimum absolute atomic E-state index is 0.569. The molecule has 0 saturated heterocycles. The van der Waals surface area contributed by atoms with Gasteiger partial charge in [-0.2, -0.15) is 5.26 Å². The molecule has 0 aliphatic heterocycles. The second-order valence-corrected chi connectivity index (χ2v) is 7.97. The number of benzene rings is 4. The third-order valence-electron chi connectivity index (χ3n) is 6.17. The summed E-state index contributed by atoms with van der Waals surface area (Å²) in [5.74, 6) is 0. The lowest BCUT2D eigenvalue weighted by Gasteiger charge is -2.17. The highest BCUT2D eigenvalue weighted by molar-refractivity contribution is 6.09. The third kappa shape index (κ3) is 3.01. The van der Waals surface area contributed by atoms with Crippen molar-refractivity contribution in [2.45, 2.75) is 0 Å². The van der Waals surface area contributed by atoms with E-state index in [0.29, 0.717) is 5.56 Å². The fourth-order valence-corrected chi connectivity index (χ4v) is 4.75. The SMILES string of the molecule is N#Cc1cnccc1-c1ccccc1-c1ccccc1-n1c2ccccc2c2ccccc21. The molecule has 0 spiro atoms. The number of aromatic nitrogens is 2. The molecule has 2 heterocycles. The van der Waals surface area contributed by atoms with Gasteiger partial charge in [0.2, 0.25) is 0 Å². The Morgan fingerprint density at radius 1 is 0.576 bits per heavy atom. The monoisotopic (exact) mass is 421 g/mol. The lowest BCUT2D eigenvalue weighted by molar-refractivity contribution is 1.18. The first-order valence-corrected chi connectivity index (χ1v) is 10.9. The summed E-state index contributed by atoms with van der Waals surface area (Å²) in [6.45, 7) is 0. The average molecular weight is 422 g/mol. The topological polar surface area (TPSA) is 41.6 Å². The Labute approximate surface area is 191 Å². The second-order valence-electron chi connectivity index (χ2n) is 7.97. The highest BCUT2D eigenvalue weighted by Gasteiger charge is 2.17. The molecule has 0 aliphatic rings. The third-order valence-corrected chi connectivity index (χ3v) is 6.17. The molecule has 0 atom stereocenters. The van der Waals surface area contributed by atoms with Crippen LogP contribution in [0.15, 0.2) is 116 Å². The number of nitrogens with zero attached hydrogens (tertiary/aromatic N) is 3. The van der Waals surface area contributed by atoms with Gasteiger partial charge in [0.1, 0.15) is 6.07 Å². The van der Waals surface area contributed by atoms with Gasteiger partial charge in [-0.05, 0) is 35.4 Å². The zero-order valence-corrected chi connectivity index (χ0v) is 17.8. The predicted octanol–water partition coefficient (Wildman–Crippen LogP) is 7.38. The summed E-state index contributed by atoms with van der Waals surface area (Å²) < 4.78 is 2.34. The number of fused-ring (bicyclic) bond motifs is 3. The van der Waals surface area contributed by atoms with Gasteiger partial charge in [-0.3, -0.25) is 4.98 Å². The number of hydrogen-bond acceptors (Lipinski definition) is 2. The average Bonchev–Trinajstić information content (AvgIpc) is 3.23. The van der Waals surface area contributed by atoms with E-state index < -0.39 is 0 Å². The van der Waals surface area contributed by atoms with Crippen LogP contribution in [0, 0.1) is 11.3 Å². The van der Waals surface area contributed by atoms with Gasteiger partial charge >= 0.3 is 0 Å². The number of para-hydroxylation sites is 3. The van der Waals surface area contributed by atoms with Crippen LogP contribution < -0.4 is 0 Å². The van der Waals surface area contributed by atoms with E-state index in [-0.39, 0.29) is 0 Å². The molecule has 0 bridgehead atoms. The first-order valence-electron chi connectivity index (χ1n) is 10.9. The molecular weight excluding hydrogens is 402 g/mol. The molecule has 3 nitrogen and oxygen atoms in total. The van der Waals surface area contributed by atoms with Crippen molar-refractivity contribution in [3.63, 3.8) is 0 Å². The Morgan fingerprint density at radius 3 is 1.79 bits per heavy atom. The molecule has 4 aromatic carbocycles. The highest BCUT2D eigenvalue weighted by Crippen LogP contribution is 2.39. The van der Waals surface area contributed by atoms with E-state index in [1.807, 2.05) is 12.1 Å². The van der Waals surface area contributed by atoms with Crippen molar-refractivity contribution in [2.75, 3.05) is 0 Å². The summed E-state index contributed by atoms with van der Waals surface area (Å²) in [5.41, 5.74) is 8.12. The van der Waals surface area contributed by atoms with Crippen molar-refractivity contribution >= 4 is 21.8 Å². The summed E-state index contributed by atoms with van der Waals surface area (Å²) in [7, 11) is 0. The lowest BCUT2D eigenvalue weighted by atomic mass is 9.92. The summed E-state index contributed by atoms with van der Waals surface area (Å²) in [5, 5.41) is 12.2. The van der Waals surface area contributed by atoms with Crippen LogP contribution in [-0.2, 0) is 0 Å². The fraction of sp³-hybridized carbons (Fsp3) is 0. The van der Waals surface area contributed by atoms with Crippen LogP contribution in [0.3, 0.4) is 0 Å². The van der Waals surface area contributed by atoms with E-state index in [1.54, 1.807) is 12.4 Å². The summed E-state index contributed by atoms with van der Waals surface area (Å²) in [6.07, 6.45) is 3.37. The van der Waals surface area contributed by atoms with E-state index in [4.69, 9.17) is 0 Å². The Hall–Kier alpha value is -4.68. The highest BCUT2D eigenvalue weighted by atomic mass is 15.0. The van der Waals surface area contributed by atoms with Gasteiger partial charge in [-0.15, -0.1) is 0 Å². The van der Waals surface area contributed by atoms with Crippen molar-refractivity contribution < 1.29 is 0 Å². The van der Waals surface area contributed by atoms with Gasteiger partial charge in [0, 0.05) is 34.3 Å². The van der Waals surface area contributed by atoms with Crippen molar-refractivity contribution in [3.05, 3.63) is 121 Å². The Bertz CT molecular complexity index is 1630. The van der Waals surface area contributed by atoms with E-state index in [9.17, 15) is 5.26 Å². The zero-order valence-electron chi connectivity index (χ0n) is 17.8. The minimum Gasteiger partial charge on any atom is -0.309 e. The van der Waals surface area contributed by atoms with Gasteiger partial charge in [-0.25, -0.2) is 0 Å². The molecular formula is C30H19N3. The van der Waals surface area contributed by atoms with Crippen LogP contribution in [0.25, 0.3) is 49.7 Å². The van der Waals surface area contributed by atoms with Crippen LogP contribution in [0.5, 0.6) is 0 Å². The maximum Gasteiger partial charge on any atom is 0.101 e. The van der Waals surface area contributed by atoms with Crippen molar-refractivity contribution in [3.8, 4) is 34.0 Å². The molecule has 3 heteroatoms. The van der Waals surface area contributed by atoms with Gasteiger partial charge in [0.05, 0.1) is 22.3 Å². The van der Waals surface area contributed by atoms with Crippen LogP contribution in [0.1, 0.15) is 5.56 Å². The van der Waals surface area contributed by atoms with Crippen LogP contribution >= 0.6 is 0 Å². The zero-order chi connectivity index (χ0) is 22.2. The Morgan fingerprint density at radius 2 is 1.12 bits per heavy atom. The maximum absolute atomic E-state index is 9.69. The van der Waals surface area contributed by atoms with E-state index >= 15 is 0 Å². The van der Waals surface area contributed by atoms with Gasteiger partial charge < -0.3 is 4.57 Å². The Kier molecular flexibility index (Phi) is 4.49. The van der Waals surface area contributed by atoms with Crippen molar-refractivity contribution in [1.82, 2.24) is 9.55 Å². The fourth-order valence-electron chi connectivity index (χ4n) is 4.75. The van der Waals surface area contributed by atoms with Crippen LogP contribution in [-0.4, -0.2) is 9.55 Å². The number of nitriles is 1. The van der Waals surface area contributed by atoms with Crippen molar-refractivity contribution in [1.29, 1.82) is 5.26 Å². The van der Waals surface area contributed by atoms with E-state index in [1.165, 1.54) is 21.8 Å². The molecule has 0 unspecified atom stereocenters. The minimum atomic E-state index is 0.569. The maximum atomic E-state index is 9.69. The summed E-state index contributed by atoms with van der Waals surface area (Å²) in [4.78, 5) is 4.14. The molecule has 154 valence electrons. The molecule has 0 radical (unpaired) electrons. The first kappa shape index (κ1) is 19.0. The summed E-state index contributed by atoms with van der Waals surface area (Å²) >= 11 is 0. The van der Waals surface area contributed by atoms with Gasteiger partial charge in [0.25, 0.3) is 0 Å². The molecule has 33 heavy (non-hydrogen) atoms. The molecule has 0 N–H and O–H groups in total. The number of rotatable bonds is 3. The standard InChI is InChI=1S/C30H19N3/c31-19-21-20-32-18-17-22(21)23-9-1-2-10-24(23)25-11-3-6-14-28(25)33-29-15-7-4-12-26(29)27-13-5-8-16-30(27)33/h1-18,20H. The first-order chi connectivity index (χ1) is 16.4. The van der Waals surface area contributed by atoms with Crippen molar-refractivity contribution in [2.24, 2.45) is 0 Å². The number of hydrogen-bond donors (Lipinski definition) is 0. The molecule has 0 aliphatic carbocycles. The molecule has 6 aromatic rings. The normalized spacial score (nSPS) is 11.0. The quantitative estimate of drug-likeness (QED) is 0.299. The molecule has 0 fully saturated rings. The molecule has 0 amide bonds. The smallest absolute Gasteiger partial charge is 0.101 e. The predicted molar refractivity (Wildman–Crippen MR) is 134 cm³/mol. The van der Waals surface area contributed by atoms with E-state index in [0.717, 1.165) is 27.9 Å². The Balaban J connectivity index is 1.68. The van der Waals surface area contributed by atoms with Crippen LogP contribution in [0.4, 0.5) is 0 Å². The lowest BCUT2D eigenvalue weighted by Crippen LogP contribution is -1.98. The van der Waals surface area contributed by atoms with Gasteiger partial charge in [-0.1, -0.05) is 78.9 Å². The van der Waals surface area contributed by atoms with Crippen LogP contribution in [0.2, 0.25) is 0 Å².